The largest absolute Gasteiger partial charge is 0.489 e. The number of aliphatic hydroxyl groups excluding tert-OH is 1. The van der Waals surface area contributed by atoms with Gasteiger partial charge < -0.3 is 14.6 Å². The number of para-hydroxylation sites is 1. The summed E-state index contributed by atoms with van der Waals surface area (Å²) < 4.78 is 11.8. The van der Waals surface area contributed by atoms with E-state index in [9.17, 15) is 5.11 Å². The highest BCUT2D eigenvalue weighted by Crippen LogP contribution is 2.35. The molecule has 2 atom stereocenters. The van der Waals surface area contributed by atoms with Gasteiger partial charge in [-0.25, -0.2) is 0 Å². The van der Waals surface area contributed by atoms with E-state index in [-0.39, 0.29) is 11.7 Å². The summed E-state index contributed by atoms with van der Waals surface area (Å²) in [5, 5.41) is 10.3. The van der Waals surface area contributed by atoms with Gasteiger partial charge >= 0.3 is 0 Å². The maximum atomic E-state index is 10.3. The van der Waals surface area contributed by atoms with Gasteiger partial charge in [-0.3, -0.25) is 4.90 Å². The van der Waals surface area contributed by atoms with Crippen LogP contribution >= 0.6 is 0 Å². The second kappa shape index (κ2) is 5.69. The van der Waals surface area contributed by atoms with Crippen LogP contribution in [0.15, 0.2) is 29.8 Å². The molecule has 2 fully saturated rings. The minimum Gasteiger partial charge on any atom is -0.489 e. The number of aliphatic hydroxyl groups is 1. The molecule has 4 rings (SSSR count). The number of ether oxygens (including phenoxy) is 2. The molecule has 118 valence electrons. The maximum absolute atomic E-state index is 10.3. The average Bonchev–Trinajstić information content (AvgIpc) is 3.00. The summed E-state index contributed by atoms with van der Waals surface area (Å²) in [5.41, 5.74) is 2.13. The Balaban J connectivity index is 1.47. The number of benzene rings is 1. The SMILES string of the molecule is O[C@H]1CCN(CC2=Cc3ccccc3OC2)C[C@@]12CCCO2. The summed E-state index contributed by atoms with van der Waals surface area (Å²) in [6.07, 6.45) is 4.76. The van der Waals surface area contributed by atoms with Crippen molar-refractivity contribution in [3.63, 3.8) is 0 Å². The van der Waals surface area contributed by atoms with Crippen LogP contribution in [-0.4, -0.2) is 54.6 Å². The number of hydrogen-bond donors (Lipinski definition) is 1. The monoisotopic (exact) mass is 301 g/mol. The van der Waals surface area contributed by atoms with E-state index >= 15 is 0 Å². The number of piperidine rings is 1. The summed E-state index contributed by atoms with van der Waals surface area (Å²) in [5.74, 6) is 0.968. The summed E-state index contributed by atoms with van der Waals surface area (Å²) in [4.78, 5) is 2.40. The second-order valence-electron chi connectivity index (χ2n) is 6.66. The first-order valence-electron chi connectivity index (χ1n) is 8.21. The van der Waals surface area contributed by atoms with Crippen LogP contribution in [0.5, 0.6) is 5.75 Å². The Bertz CT molecular complexity index is 577. The molecule has 0 bridgehead atoms. The van der Waals surface area contributed by atoms with E-state index in [1.54, 1.807) is 0 Å². The van der Waals surface area contributed by atoms with Crippen LogP contribution in [-0.2, 0) is 4.74 Å². The molecule has 4 heteroatoms. The molecule has 0 amide bonds. The van der Waals surface area contributed by atoms with Crippen LogP contribution < -0.4 is 4.74 Å². The maximum Gasteiger partial charge on any atom is 0.127 e. The van der Waals surface area contributed by atoms with E-state index in [4.69, 9.17) is 9.47 Å². The number of likely N-dealkylation sites (tertiary alicyclic amines) is 1. The lowest BCUT2D eigenvalue weighted by molar-refractivity contribution is -0.129. The van der Waals surface area contributed by atoms with Gasteiger partial charge in [0.25, 0.3) is 0 Å². The first-order chi connectivity index (χ1) is 10.8. The lowest BCUT2D eigenvalue weighted by Gasteiger charge is -2.43. The molecule has 1 spiro atoms. The predicted molar refractivity (Wildman–Crippen MR) is 84.9 cm³/mol. The predicted octanol–water partition coefficient (Wildman–Crippen LogP) is 2.08. The van der Waals surface area contributed by atoms with Crippen LogP contribution in [0.2, 0.25) is 0 Å². The van der Waals surface area contributed by atoms with Gasteiger partial charge in [0, 0.05) is 31.8 Å². The number of nitrogens with zero attached hydrogens (tertiary/aromatic N) is 1. The van der Waals surface area contributed by atoms with Gasteiger partial charge in [0.2, 0.25) is 0 Å². The molecule has 4 nitrogen and oxygen atoms in total. The molecule has 1 N–H and O–H groups in total. The van der Waals surface area contributed by atoms with E-state index in [0.29, 0.717) is 6.61 Å². The summed E-state index contributed by atoms with van der Waals surface area (Å²) in [6.45, 7) is 4.08. The Morgan fingerprint density at radius 2 is 2.23 bits per heavy atom. The molecule has 0 saturated carbocycles. The number of rotatable bonds is 2. The fraction of sp³-hybridized carbons (Fsp3) is 0.556. The van der Waals surface area contributed by atoms with Crippen molar-refractivity contribution in [3.8, 4) is 5.75 Å². The summed E-state index contributed by atoms with van der Waals surface area (Å²) in [6, 6.07) is 8.16. The fourth-order valence-corrected chi connectivity index (χ4v) is 3.91. The number of fused-ring (bicyclic) bond motifs is 1. The van der Waals surface area contributed by atoms with Gasteiger partial charge in [0.1, 0.15) is 18.0 Å². The fourth-order valence-electron chi connectivity index (χ4n) is 3.91. The third-order valence-electron chi connectivity index (χ3n) is 5.07. The quantitative estimate of drug-likeness (QED) is 0.908. The molecule has 3 heterocycles. The molecule has 3 aliphatic heterocycles. The lowest BCUT2D eigenvalue weighted by Crippen LogP contribution is -2.56. The molecular formula is C18H23NO3. The van der Waals surface area contributed by atoms with E-state index in [1.807, 2.05) is 18.2 Å². The van der Waals surface area contributed by atoms with E-state index in [1.165, 1.54) is 5.57 Å². The normalized spacial score (nSPS) is 31.7. The first kappa shape index (κ1) is 14.2. The van der Waals surface area contributed by atoms with Crippen molar-refractivity contribution in [2.24, 2.45) is 0 Å². The van der Waals surface area contributed by atoms with Gasteiger partial charge in [0.15, 0.2) is 0 Å². The molecular weight excluding hydrogens is 278 g/mol. The molecule has 22 heavy (non-hydrogen) atoms. The lowest BCUT2D eigenvalue weighted by atomic mass is 9.87. The Labute approximate surface area is 131 Å². The zero-order valence-corrected chi connectivity index (χ0v) is 12.8. The van der Waals surface area contributed by atoms with E-state index in [0.717, 1.165) is 56.8 Å². The van der Waals surface area contributed by atoms with Crippen LogP contribution in [0.25, 0.3) is 6.08 Å². The third kappa shape index (κ3) is 2.56. The van der Waals surface area contributed by atoms with Crippen molar-refractivity contribution in [3.05, 3.63) is 35.4 Å². The Hall–Kier alpha value is -1.36. The van der Waals surface area contributed by atoms with Crippen molar-refractivity contribution in [2.75, 3.05) is 32.8 Å². The van der Waals surface area contributed by atoms with E-state index in [2.05, 4.69) is 17.0 Å². The Morgan fingerprint density at radius 1 is 1.32 bits per heavy atom. The highest BCUT2D eigenvalue weighted by atomic mass is 16.5. The second-order valence-corrected chi connectivity index (χ2v) is 6.66. The standard InChI is InChI=1S/C18H23NO3/c20-17-6-8-19(13-18(17)7-3-9-22-18)11-14-10-15-4-1-2-5-16(15)21-12-14/h1-2,4-5,10,17,20H,3,6-9,11-13H2/t17-,18-/m0/s1. The minimum atomic E-state index is -0.327. The van der Waals surface area contributed by atoms with Crippen LogP contribution in [0.4, 0.5) is 0 Å². The molecule has 0 radical (unpaired) electrons. The molecule has 1 aromatic rings. The average molecular weight is 301 g/mol. The summed E-state index contributed by atoms with van der Waals surface area (Å²) >= 11 is 0. The van der Waals surface area contributed by atoms with Gasteiger partial charge in [-0.15, -0.1) is 0 Å². The molecule has 0 aromatic heterocycles. The highest BCUT2D eigenvalue weighted by molar-refractivity contribution is 5.62. The van der Waals surface area contributed by atoms with Crippen LogP contribution in [0.3, 0.4) is 0 Å². The van der Waals surface area contributed by atoms with Crippen molar-refractivity contribution in [2.45, 2.75) is 31.0 Å². The molecule has 3 aliphatic rings. The third-order valence-corrected chi connectivity index (χ3v) is 5.07. The zero-order valence-electron chi connectivity index (χ0n) is 12.8. The van der Waals surface area contributed by atoms with Gasteiger partial charge in [-0.1, -0.05) is 18.2 Å². The molecule has 0 unspecified atom stereocenters. The van der Waals surface area contributed by atoms with Gasteiger partial charge in [-0.05, 0) is 37.0 Å². The summed E-state index contributed by atoms with van der Waals surface area (Å²) in [7, 11) is 0. The number of hydrogen-bond acceptors (Lipinski definition) is 4. The smallest absolute Gasteiger partial charge is 0.127 e. The minimum absolute atomic E-state index is 0.316. The Morgan fingerprint density at radius 3 is 3.09 bits per heavy atom. The topological polar surface area (TPSA) is 41.9 Å². The molecule has 0 aliphatic carbocycles. The molecule has 1 aromatic carbocycles. The van der Waals surface area contributed by atoms with Crippen LogP contribution in [0, 0.1) is 0 Å². The van der Waals surface area contributed by atoms with Crippen molar-refractivity contribution >= 4 is 6.08 Å². The van der Waals surface area contributed by atoms with Crippen molar-refractivity contribution < 1.29 is 14.6 Å². The first-order valence-corrected chi connectivity index (χ1v) is 8.21. The van der Waals surface area contributed by atoms with Gasteiger partial charge in [-0.2, -0.15) is 0 Å². The van der Waals surface area contributed by atoms with Crippen LogP contribution in [0.1, 0.15) is 24.8 Å². The van der Waals surface area contributed by atoms with Gasteiger partial charge in [0.05, 0.1) is 6.10 Å². The molecule has 2 saturated heterocycles. The van der Waals surface area contributed by atoms with Crippen molar-refractivity contribution in [1.82, 2.24) is 4.90 Å². The van der Waals surface area contributed by atoms with Crippen molar-refractivity contribution in [1.29, 1.82) is 0 Å². The highest BCUT2D eigenvalue weighted by Gasteiger charge is 2.46. The zero-order chi connectivity index (χ0) is 15.0. The Kier molecular flexibility index (Phi) is 3.68. The van der Waals surface area contributed by atoms with E-state index < -0.39 is 0 Å².